The highest BCUT2D eigenvalue weighted by Crippen LogP contribution is 2.27. The van der Waals surface area contributed by atoms with Gasteiger partial charge in [0, 0.05) is 24.2 Å². The normalized spacial score (nSPS) is 12.0. The van der Waals surface area contributed by atoms with Gasteiger partial charge in [-0.1, -0.05) is 6.92 Å². The van der Waals surface area contributed by atoms with Crippen molar-refractivity contribution in [3.63, 3.8) is 0 Å². The van der Waals surface area contributed by atoms with Crippen LogP contribution in [0.5, 0.6) is 17.2 Å². The maximum absolute atomic E-state index is 5.71. The molecule has 0 saturated carbocycles. The lowest BCUT2D eigenvalue weighted by atomic mass is 10.2. The van der Waals surface area contributed by atoms with Crippen LogP contribution in [0.25, 0.3) is 0 Å². The van der Waals surface area contributed by atoms with Gasteiger partial charge in [0.05, 0.1) is 14.2 Å². The molecule has 0 fully saturated rings. The molecule has 0 amide bonds. The molecule has 96 valence electrons. The lowest BCUT2D eigenvalue weighted by Gasteiger charge is -2.16. The minimum absolute atomic E-state index is 0.354. The number of ether oxygens (including phenoxy) is 3. The molecule has 0 radical (unpaired) electrons. The summed E-state index contributed by atoms with van der Waals surface area (Å²) in [5, 5.41) is 3.19. The summed E-state index contributed by atoms with van der Waals surface area (Å²) in [6, 6.07) is 5.88. The molecule has 4 heteroatoms. The van der Waals surface area contributed by atoms with E-state index in [0.29, 0.717) is 12.6 Å². The summed E-state index contributed by atoms with van der Waals surface area (Å²) in [5.41, 5.74) is 0. The molecule has 0 bridgehead atoms. The van der Waals surface area contributed by atoms with Crippen LogP contribution >= 0.6 is 0 Å². The third-order valence-electron chi connectivity index (χ3n) is 2.68. The van der Waals surface area contributed by atoms with Crippen LogP contribution in [-0.2, 0) is 0 Å². The third-order valence-corrected chi connectivity index (χ3v) is 2.68. The van der Waals surface area contributed by atoms with Gasteiger partial charge in [0.15, 0.2) is 0 Å². The van der Waals surface area contributed by atoms with Gasteiger partial charge in [-0.2, -0.15) is 0 Å². The van der Waals surface area contributed by atoms with Gasteiger partial charge in [-0.05, 0) is 13.5 Å². The lowest BCUT2D eigenvalue weighted by Crippen LogP contribution is -2.30. The number of benzene rings is 1. The zero-order valence-corrected chi connectivity index (χ0v) is 10.9. The number of hydrogen-bond donors (Lipinski definition) is 1. The number of hydrogen-bond acceptors (Lipinski definition) is 4. The van der Waals surface area contributed by atoms with Crippen LogP contribution in [0.2, 0.25) is 0 Å². The first-order valence-electron chi connectivity index (χ1n) is 5.76. The van der Waals surface area contributed by atoms with Crippen molar-refractivity contribution >= 4 is 0 Å². The largest absolute Gasteiger partial charge is 0.496 e. The second kappa shape index (κ2) is 7.01. The predicted octanol–water partition coefficient (Wildman–Crippen LogP) is 2.08. The summed E-state index contributed by atoms with van der Waals surface area (Å²) in [4.78, 5) is 0. The maximum atomic E-state index is 5.71. The van der Waals surface area contributed by atoms with E-state index in [0.717, 1.165) is 23.7 Å². The summed E-state index contributed by atoms with van der Waals surface area (Å²) in [7, 11) is 5.19. The number of methoxy groups -OCH3 is 2. The Morgan fingerprint density at radius 2 is 1.59 bits per heavy atom. The van der Waals surface area contributed by atoms with E-state index >= 15 is 0 Å². The van der Waals surface area contributed by atoms with Gasteiger partial charge in [-0.3, -0.25) is 0 Å². The average molecular weight is 239 g/mol. The molecule has 1 unspecified atom stereocenters. The Bertz CT molecular complexity index is 315. The predicted molar refractivity (Wildman–Crippen MR) is 68.2 cm³/mol. The molecule has 1 aromatic carbocycles. The van der Waals surface area contributed by atoms with Crippen molar-refractivity contribution < 1.29 is 14.2 Å². The molecule has 4 nitrogen and oxygen atoms in total. The van der Waals surface area contributed by atoms with Gasteiger partial charge in [0.1, 0.15) is 23.9 Å². The molecule has 0 aromatic heterocycles. The van der Waals surface area contributed by atoms with E-state index in [1.54, 1.807) is 14.2 Å². The summed E-state index contributed by atoms with van der Waals surface area (Å²) < 4.78 is 16.1. The van der Waals surface area contributed by atoms with Gasteiger partial charge in [-0.15, -0.1) is 0 Å². The molecule has 1 rings (SSSR count). The van der Waals surface area contributed by atoms with Crippen LogP contribution in [0.1, 0.15) is 13.3 Å². The fourth-order valence-electron chi connectivity index (χ4n) is 1.47. The van der Waals surface area contributed by atoms with Crippen molar-refractivity contribution in [2.75, 3.05) is 27.9 Å². The Morgan fingerprint density at radius 3 is 2.00 bits per heavy atom. The first-order chi connectivity index (χ1) is 8.23. The van der Waals surface area contributed by atoms with Gasteiger partial charge in [0.25, 0.3) is 0 Å². The van der Waals surface area contributed by atoms with E-state index < -0.39 is 0 Å². The van der Waals surface area contributed by atoms with Crippen LogP contribution in [0.15, 0.2) is 18.2 Å². The maximum Gasteiger partial charge on any atom is 0.126 e. The highest BCUT2D eigenvalue weighted by atomic mass is 16.5. The Kier molecular flexibility index (Phi) is 5.63. The van der Waals surface area contributed by atoms with Crippen LogP contribution in [-0.4, -0.2) is 33.9 Å². The van der Waals surface area contributed by atoms with Crippen LogP contribution in [0, 0.1) is 0 Å². The van der Waals surface area contributed by atoms with Gasteiger partial charge >= 0.3 is 0 Å². The lowest BCUT2D eigenvalue weighted by molar-refractivity contribution is 0.264. The van der Waals surface area contributed by atoms with E-state index in [4.69, 9.17) is 14.2 Å². The molecule has 0 aliphatic carbocycles. The molecule has 0 aliphatic rings. The van der Waals surface area contributed by atoms with Crippen molar-refractivity contribution in [2.24, 2.45) is 0 Å². The van der Waals surface area contributed by atoms with Crippen molar-refractivity contribution in [3.05, 3.63) is 18.2 Å². The van der Waals surface area contributed by atoms with E-state index in [2.05, 4.69) is 12.2 Å². The molecule has 1 aromatic rings. The Hall–Kier alpha value is -1.42. The zero-order chi connectivity index (χ0) is 12.7. The molecule has 0 aliphatic heterocycles. The summed E-state index contributed by atoms with van der Waals surface area (Å²) in [6.45, 7) is 2.75. The molecule has 1 atom stereocenters. The Balaban J connectivity index is 2.69. The first-order valence-corrected chi connectivity index (χ1v) is 5.76. The second-order valence-electron chi connectivity index (χ2n) is 3.75. The van der Waals surface area contributed by atoms with Crippen molar-refractivity contribution in [3.8, 4) is 17.2 Å². The van der Waals surface area contributed by atoms with Crippen molar-refractivity contribution in [1.82, 2.24) is 5.32 Å². The minimum Gasteiger partial charge on any atom is -0.496 e. The Labute approximate surface area is 103 Å². The number of likely N-dealkylation sites (N-methyl/N-ethyl adjacent to an activating group) is 1. The zero-order valence-electron chi connectivity index (χ0n) is 10.9. The van der Waals surface area contributed by atoms with Gasteiger partial charge in [-0.25, -0.2) is 0 Å². The smallest absolute Gasteiger partial charge is 0.126 e. The topological polar surface area (TPSA) is 39.7 Å². The minimum atomic E-state index is 0.354. The van der Waals surface area contributed by atoms with Crippen molar-refractivity contribution in [1.29, 1.82) is 0 Å². The fraction of sp³-hybridized carbons (Fsp3) is 0.538. The standard InChI is InChI=1S/C13H21NO3/c1-5-10(14-2)9-17-13-7-11(15-3)6-12(8-13)16-4/h6-8,10,14H,5,9H2,1-4H3. The SMILES string of the molecule is CCC(COc1cc(OC)cc(OC)c1)NC. The summed E-state index contributed by atoms with van der Waals surface area (Å²) in [6.07, 6.45) is 1.03. The van der Waals surface area contributed by atoms with Gasteiger partial charge in [0.2, 0.25) is 0 Å². The third kappa shape index (κ3) is 4.15. The number of rotatable bonds is 7. The van der Waals surface area contributed by atoms with Crippen LogP contribution in [0.3, 0.4) is 0 Å². The monoisotopic (exact) mass is 239 g/mol. The van der Waals surface area contributed by atoms with E-state index in [9.17, 15) is 0 Å². The van der Waals surface area contributed by atoms with Crippen LogP contribution in [0.4, 0.5) is 0 Å². The first kappa shape index (κ1) is 13.6. The molecule has 0 heterocycles. The second-order valence-corrected chi connectivity index (χ2v) is 3.75. The Morgan fingerprint density at radius 1 is 1.06 bits per heavy atom. The van der Waals surface area contributed by atoms with E-state index in [1.807, 2.05) is 25.2 Å². The quantitative estimate of drug-likeness (QED) is 0.791. The van der Waals surface area contributed by atoms with E-state index in [-0.39, 0.29) is 0 Å². The molecular formula is C13H21NO3. The van der Waals surface area contributed by atoms with Crippen LogP contribution < -0.4 is 19.5 Å². The fourth-order valence-corrected chi connectivity index (χ4v) is 1.47. The number of nitrogens with one attached hydrogen (secondary N) is 1. The summed E-state index contributed by atoms with van der Waals surface area (Å²) in [5.74, 6) is 2.23. The molecule has 0 saturated heterocycles. The molecule has 1 N–H and O–H groups in total. The van der Waals surface area contributed by atoms with Gasteiger partial charge < -0.3 is 19.5 Å². The highest BCUT2D eigenvalue weighted by Gasteiger charge is 2.06. The van der Waals surface area contributed by atoms with Crippen molar-refractivity contribution in [2.45, 2.75) is 19.4 Å². The van der Waals surface area contributed by atoms with E-state index in [1.165, 1.54) is 0 Å². The molecule has 0 spiro atoms. The highest BCUT2D eigenvalue weighted by molar-refractivity contribution is 5.41. The summed E-state index contributed by atoms with van der Waals surface area (Å²) >= 11 is 0. The molecule has 17 heavy (non-hydrogen) atoms. The average Bonchev–Trinajstić information content (AvgIpc) is 2.39. The molecular weight excluding hydrogens is 218 g/mol.